The zero-order chi connectivity index (χ0) is 22.0. The summed E-state index contributed by atoms with van der Waals surface area (Å²) in [5.41, 5.74) is 1.15. The molecule has 0 spiro atoms. The van der Waals surface area contributed by atoms with Gasteiger partial charge >= 0.3 is 0 Å². The third-order valence-electron chi connectivity index (χ3n) is 5.39. The van der Waals surface area contributed by atoms with Gasteiger partial charge in [0.2, 0.25) is 10.0 Å². The zero-order valence-electron chi connectivity index (χ0n) is 17.2. The van der Waals surface area contributed by atoms with Crippen molar-refractivity contribution in [1.82, 2.24) is 23.6 Å². The van der Waals surface area contributed by atoms with Gasteiger partial charge in [0, 0.05) is 26.2 Å². The standard InChI is InChI=1S/C21H24FN5O2S2/c1-17-23-27(21(30)26(17)15-18-6-3-2-4-7-18)16-24-10-12-25(13-11-24)31(28,29)20-9-5-8-19(22)14-20/h2-9,14H,10-13,15-16H2,1H3. The van der Waals surface area contributed by atoms with Gasteiger partial charge in [-0.05, 0) is 42.9 Å². The summed E-state index contributed by atoms with van der Waals surface area (Å²) in [5, 5.41) is 4.59. The van der Waals surface area contributed by atoms with Crippen molar-refractivity contribution < 1.29 is 12.8 Å². The molecule has 0 aliphatic carbocycles. The Kier molecular flexibility index (Phi) is 6.33. The Hall–Kier alpha value is -2.40. The maximum absolute atomic E-state index is 13.5. The summed E-state index contributed by atoms with van der Waals surface area (Å²) in [4.78, 5) is 2.10. The quantitative estimate of drug-likeness (QED) is 0.529. The summed E-state index contributed by atoms with van der Waals surface area (Å²) < 4.78 is 44.8. The molecule has 1 fully saturated rings. The number of sulfonamides is 1. The number of rotatable bonds is 6. The van der Waals surface area contributed by atoms with Gasteiger partial charge in [0.15, 0.2) is 4.77 Å². The first-order valence-corrected chi connectivity index (χ1v) is 11.9. The molecule has 0 atom stereocenters. The van der Waals surface area contributed by atoms with Crippen LogP contribution in [-0.2, 0) is 23.2 Å². The first-order valence-electron chi connectivity index (χ1n) is 10.0. The van der Waals surface area contributed by atoms with Gasteiger partial charge in [-0.1, -0.05) is 36.4 Å². The van der Waals surface area contributed by atoms with Gasteiger partial charge in [0.25, 0.3) is 0 Å². The summed E-state index contributed by atoms with van der Waals surface area (Å²) in [5.74, 6) is 0.275. The molecule has 31 heavy (non-hydrogen) atoms. The number of benzene rings is 2. The van der Waals surface area contributed by atoms with Gasteiger partial charge in [-0.3, -0.25) is 9.47 Å². The van der Waals surface area contributed by atoms with Crippen molar-refractivity contribution in [2.45, 2.75) is 25.0 Å². The van der Waals surface area contributed by atoms with E-state index in [9.17, 15) is 12.8 Å². The van der Waals surface area contributed by atoms with E-state index in [-0.39, 0.29) is 4.90 Å². The molecule has 1 aliphatic rings. The predicted molar refractivity (Wildman–Crippen MR) is 118 cm³/mol. The Morgan fingerprint density at radius 2 is 1.74 bits per heavy atom. The van der Waals surface area contributed by atoms with E-state index < -0.39 is 15.8 Å². The Bertz CT molecular complexity index is 1220. The second-order valence-electron chi connectivity index (χ2n) is 7.52. The SMILES string of the molecule is Cc1nn(CN2CCN(S(=O)(=O)c3cccc(F)c3)CC2)c(=S)n1Cc1ccccc1. The van der Waals surface area contributed by atoms with Crippen molar-refractivity contribution in [1.29, 1.82) is 0 Å². The van der Waals surface area contributed by atoms with Crippen molar-refractivity contribution >= 4 is 22.2 Å². The topological polar surface area (TPSA) is 63.4 Å². The summed E-state index contributed by atoms with van der Waals surface area (Å²) in [6.45, 7) is 4.83. The minimum atomic E-state index is -3.71. The summed E-state index contributed by atoms with van der Waals surface area (Å²) in [7, 11) is -3.71. The van der Waals surface area contributed by atoms with Gasteiger partial charge in [-0.15, -0.1) is 0 Å². The highest BCUT2D eigenvalue weighted by atomic mass is 32.2. The van der Waals surface area contributed by atoms with Crippen LogP contribution < -0.4 is 0 Å². The van der Waals surface area contributed by atoms with Crippen LogP contribution in [0.2, 0.25) is 0 Å². The predicted octanol–water partition coefficient (Wildman–Crippen LogP) is 2.87. The fraction of sp³-hybridized carbons (Fsp3) is 0.333. The molecule has 164 valence electrons. The molecular formula is C21H24FN5O2S2. The second-order valence-corrected chi connectivity index (χ2v) is 9.83. The van der Waals surface area contributed by atoms with Gasteiger partial charge < -0.3 is 0 Å². The Balaban J connectivity index is 1.41. The normalized spacial score (nSPS) is 15.9. The monoisotopic (exact) mass is 461 g/mol. The second kappa shape index (κ2) is 8.99. The molecule has 0 radical (unpaired) electrons. The van der Waals surface area contributed by atoms with E-state index in [2.05, 4.69) is 22.1 Å². The molecule has 1 saturated heterocycles. The molecule has 3 aromatic rings. The van der Waals surface area contributed by atoms with E-state index in [0.717, 1.165) is 17.5 Å². The van der Waals surface area contributed by atoms with Crippen molar-refractivity contribution in [3.63, 3.8) is 0 Å². The van der Waals surface area contributed by atoms with Gasteiger partial charge in [0.1, 0.15) is 11.6 Å². The first kappa shape index (κ1) is 21.8. The van der Waals surface area contributed by atoms with Crippen LogP contribution in [0.5, 0.6) is 0 Å². The number of hydrogen-bond donors (Lipinski definition) is 0. The van der Waals surface area contributed by atoms with E-state index in [0.29, 0.717) is 44.2 Å². The molecule has 10 heteroatoms. The fourth-order valence-corrected chi connectivity index (χ4v) is 5.42. The Morgan fingerprint density at radius 3 is 2.42 bits per heavy atom. The third kappa shape index (κ3) is 4.77. The van der Waals surface area contributed by atoms with Gasteiger partial charge in [0.05, 0.1) is 18.1 Å². The Labute approximate surface area is 186 Å². The lowest BCUT2D eigenvalue weighted by Gasteiger charge is -2.33. The van der Waals surface area contributed by atoms with Crippen molar-refractivity contribution in [2.75, 3.05) is 26.2 Å². The number of aryl methyl sites for hydroxylation is 1. The summed E-state index contributed by atoms with van der Waals surface area (Å²) >= 11 is 5.63. The minimum absolute atomic E-state index is 0.0153. The molecule has 2 heterocycles. The lowest BCUT2D eigenvalue weighted by Crippen LogP contribution is -2.48. The Morgan fingerprint density at radius 1 is 1.03 bits per heavy atom. The smallest absolute Gasteiger partial charge is 0.243 e. The highest BCUT2D eigenvalue weighted by Gasteiger charge is 2.29. The van der Waals surface area contributed by atoms with Gasteiger partial charge in [-0.2, -0.15) is 9.40 Å². The van der Waals surface area contributed by atoms with E-state index in [4.69, 9.17) is 12.2 Å². The van der Waals surface area contributed by atoms with Crippen LogP contribution in [-0.4, -0.2) is 58.1 Å². The third-order valence-corrected chi connectivity index (χ3v) is 7.72. The van der Waals surface area contributed by atoms with E-state index in [1.54, 1.807) is 4.68 Å². The molecule has 1 aliphatic heterocycles. The van der Waals surface area contributed by atoms with Crippen LogP contribution in [0.25, 0.3) is 0 Å². The summed E-state index contributed by atoms with van der Waals surface area (Å²) in [6, 6.07) is 15.2. The molecular weight excluding hydrogens is 437 g/mol. The largest absolute Gasteiger partial charge is 0.300 e. The number of aromatic nitrogens is 3. The van der Waals surface area contributed by atoms with Crippen LogP contribution in [0.4, 0.5) is 4.39 Å². The van der Waals surface area contributed by atoms with Crippen molar-refractivity contribution in [3.8, 4) is 0 Å². The molecule has 0 N–H and O–H groups in total. The first-order chi connectivity index (χ1) is 14.8. The lowest BCUT2D eigenvalue weighted by molar-refractivity contribution is 0.144. The van der Waals surface area contributed by atoms with Crippen molar-refractivity contribution in [2.24, 2.45) is 0 Å². The molecule has 0 bridgehead atoms. The number of halogens is 1. The minimum Gasteiger partial charge on any atom is -0.300 e. The van der Waals surface area contributed by atoms with E-state index >= 15 is 0 Å². The van der Waals surface area contributed by atoms with E-state index in [1.165, 1.54) is 22.5 Å². The van der Waals surface area contributed by atoms with Crippen LogP contribution in [0, 0.1) is 17.5 Å². The molecule has 0 unspecified atom stereocenters. The average molecular weight is 462 g/mol. The van der Waals surface area contributed by atoms with Crippen LogP contribution in [0.3, 0.4) is 0 Å². The van der Waals surface area contributed by atoms with Gasteiger partial charge in [-0.25, -0.2) is 17.5 Å². The highest BCUT2D eigenvalue weighted by Crippen LogP contribution is 2.19. The molecule has 1 aromatic heterocycles. The maximum atomic E-state index is 13.5. The zero-order valence-corrected chi connectivity index (χ0v) is 18.8. The van der Waals surface area contributed by atoms with Crippen molar-refractivity contribution in [3.05, 3.63) is 76.6 Å². The number of nitrogens with zero attached hydrogens (tertiary/aromatic N) is 5. The summed E-state index contributed by atoms with van der Waals surface area (Å²) in [6.07, 6.45) is 0. The molecule has 0 saturated carbocycles. The fourth-order valence-electron chi connectivity index (χ4n) is 3.67. The molecule has 7 nitrogen and oxygen atoms in total. The molecule has 2 aromatic carbocycles. The highest BCUT2D eigenvalue weighted by molar-refractivity contribution is 7.89. The van der Waals surface area contributed by atoms with Crippen LogP contribution >= 0.6 is 12.2 Å². The van der Waals surface area contributed by atoms with Crippen LogP contribution in [0.1, 0.15) is 11.4 Å². The molecule has 4 rings (SSSR count). The van der Waals surface area contributed by atoms with Crippen LogP contribution in [0.15, 0.2) is 59.5 Å². The maximum Gasteiger partial charge on any atom is 0.243 e. The number of hydrogen-bond acceptors (Lipinski definition) is 5. The average Bonchev–Trinajstić information content (AvgIpc) is 3.02. The molecule has 0 amide bonds. The van der Waals surface area contributed by atoms with E-state index in [1.807, 2.05) is 29.7 Å². The lowest BCUT2D eigenvalue weighted by atomic mass is 10.2. The number of piperazine rings is 1.